The molecule has 0 unspecified atom stereocenters. The molecule has 0 bridgehead atoms. The highest BCUT2D eigenvalue weighted by atomic mass is 32.2. The molecule has 1 aliphatic heterocycles. The van der Waals surface area contributed by atoms with Crippen molar-refractivity contribution in [1.29, 1.82) is 0 Å². The Kier molecular flexibility index (Phi) is 5.08. The summed E-state index contributed by atoms with van der Waals surface area (Å²) in [6.07, 6.45) is -3.93. The zero-order valence-electron chi connectivity index (χ0n) is 17.3. The van der Waals surface area contributed by atoms with Crippen LogP contribution in [0.5, 0.6) is 0 Å². The van der Waals surface area contributed by atoms with E-state index in [4.69, 9.17) is 0 Å². The van der Waals surface area contributed by atoms with Gasteiger partial charge in [-0.3, -0.25) is 13.8 Å². The first-order valence-corrected chi connectivity index (χ1v) is 11.6. The van der Waals surface area contributed by atoms with Crippen LogP contribution in [-0.4, -0.2) is 25.1 Å². The van der Waals surface area contributed by atoms with E-state index >= 15 is 0 Å². The lowest BCUT2D eigenvalue weighted by Crippen LogP contribution is -2.29. The van der Waals surface area contributed by atoms with Gasteiger partial charge in [-0.2, -0.15) is 13.2 Å². The molecule has 7 nitrogen and oxygen atoms in total. The average molecular weight is 487 g/mol. The van der Waals surface area contributed by atoms with Crippen LogP contribution in [0.15, 0.2) is 80.9 Å². The number of sulfonamides is 1. The molecule has 4 aromatic rings. The SMILES string of the molecule is O=c1[nH]c(-c2ccc(S(=O)(=O)N3CCc4cc(-c5ccc(C(F)(F)F)cc5)ccc43)cc2)no1. The number of anilines is 1. The fourth-order valence-electron chi connectivity index (χ4n) is 3.92. The number of benzene rings is 3. The van der Waals surface area contributed by atoms with E-state index in [1.807, 2.05) is 0 Å². The van der Waals surface area contributed by atoms with Crippen molar-refractivity contribution in [2.24, 2.45) is 0 Å². The second-order valence-electron chi connectivity index (χ2n) is 7.71. The van der Waals surface area contributed by atoms with E-state index in [1.165, 1.54) is 40.7 Å². The maximum Gasteiger partial charge on any atom is 0.439 e. The third-order valence-electron chi connectivity index (χ3n) is 5.63. The highest BCUT2D eigenvalue weighted by molar-refractivity contribution is 7.92. The number of H-pyrrole nitrogens is 1. The van der Waals surface area contributed by atoms with Crippen molar-refractivity contribution in [3.8, 4) is 22.5 Å². The van der Waals surface area contributed by atoms with E-state index in [-0.39, 0.29) is 17.3 Å². The molecule has 0 aliphatic carbocycles. The first-order chi connectivity index (χ1) is 16.1. The number of aromatic amines is 1. The maximum atomic E-state index is 13.3. The van der Waals surface area contributed by atoms with Crippen molar-refractivity contribution in [2.45, 2.75) is 17.5 Å². The molecule has 0 fully saturated rings. The maximum absolute atomic E-state index is 13.3. The van der Waals surface area contributed by atoms with Crippen LogP contribution in [0.2, 0.25) is 0 Å². The van der Waals surface area contributed by atoms with Crippen LogP contribution < -0.4 is 10.1 Å². The number of aromatic nitrogens is 2. The monoisotopic (exact) mass is 487 g/mol. The zero-order valence-corrected chi connectivity index (χ0v) is 18.2. The van der Waals surface area contributed by atoms with E-state index in [0.717, 1.165) is 17.7 Å². The number of nitrogens with one attached hydrogen (secondary N) is 1. The second kappa shape index (κ2) is 7.87. The molecule has 34 heavy (non-hydrogen) atoms. The third-order valence-corrected chi connectivity index (χ3v) is 7.46. The summed E-state index contributed by atoms with van der Waals surface area (Å²) in [4.78, 5) is 13.6. The van der Waals surface area contributed by atoms with E-state index < -0.39 is 27.5 Å². The summed E-state index contributed by atoms with van der Waals surface area (Å²) in [6, 6.07) is 15.9. The van der Waals surface area contributed by atoms with E-state index in [9.17, 15) is 26.4 Å². The van der Waals surface area contributed by atoms with Gasteiger partial charge in [0.25, 0.3) is 10.0 Å². The van der Waals surface area contributed by atoms with Crippen molar-refractivity contribution in [1.82, 2.24) is 10.1 Å². The fraction of sp³-hybridized carbons (Fsp3) is 0.130. The van der Waals surface area contributed by atoms with E-state index in [2.05, 4.69) is 14.7 Å². The molecule has 0 amide bonds. The lowest BCUT2D eigenvalue weighted by atomic mass is 10.0. The standard InChI is InChI=1S/C23H16F3N3O4S/c24-23(25,26)18-6-1-14(2-7-18)16-5-10-20-17(13-16)11-12-29(20)34(31,32)19-8-3-15(4-9-19)21-27-22(30)33-28-21/h1-10,13H,11-12H2,(H,27,28,30). The lowest BCUT2D eigenvalue weighted by Gasteiger charge is -2.20. The average Bonchev–Trinajstić information content (AvgIpc) is 3.45. The first-order valence-electron chi connectivity index (χ1n) is 10.1. The molecule has 11 heteroatoms. The van der Waals surface area contributed by atoms with Gasteiger partial charge in [-0.05, 0) is 71.6 Å². The smallest absolute Gasteiger partial charge is 0.296 e. The fourth-order valence-corrected chi connectivity index (χ4v) is 5.42. The van der Waals surface area contributed by atoms with Crippen molar-refractivity contribution in [3.63, 3.8) is 0 Å². The van der Waals surface area contributed by atoms with Crippen molar-refractivity contribution >= 4 is 15.7 Å². The Morgan fingerprint density at radius 3 is 2.18 bits per heavy atom. The summed E-state index contributed by atoms with van der Waals surface area (Å²) in [5, 5.41) is 3.58. The van der Waals surface area contributed by atoms with Gasteiger partial charge in [0.1, 0.15) is 0 Å². The molecule has 1 aromatic heterocycles. The van der Waals surface area contributed by atoms with Gasteiger partial charge < -0.3 is 0 Å². The molecule has 0 saturated carbocycles. The van der Waals surface area contributed by atoms with Crippen LogP contribution >= 0.6 is 0 Å². The Morgan fingerprint density at radius 2 is 1.56 bits per heavy atom. The Balaban J connectivity index is 1.41. The van der Waals surface area contributed by atoms with Crippen molar-refractivity contribution in [2.75, 3.05) is 10.8 Å². The third kappa shape index (κ3) is 3.87. The van der Waals surface area contributed by atoms with Gasteiger partial charge in [0.05, 0.1) is 16.1 Å². The minimum atomic E-state index is -4.41. The van der Waals surface area contributed by atoms with Crippen LogP contribution in [0.1, 0.15) is 11.1 Å². The molecule has 0 atom stereocenters. The Labute approximate surface area is 191 Å². The van der Waals surface area contributed by atoms with Gasteiger partial charge in [0.2, 0.25) is 0 Å². The molecule has 1 aliphatic rings. The topological polar surface area (TPSA) is 96.3 Å². The molecule has 2 heterocycles. The van der Waals surface area contributed by atoms with Gasteiger partial charge in [0, 0.05) is 12.1 Å². The number of alkyl halides is 3. The first kappa shape index (κ1) is 22.0. The molecule has 0 radical (unpaired) electrons. The largest absolute Gasteiger partial charge is 0.439 e. The predicted molar refractivity (Wildman–Crippen MR) is 118 cm³/mol. The quantitative estimate of drug-likeness (QED) is 0.458. The van der Waals surface area contributed by atoms with Crippen LogP contribution in [0.4, 0.5) is 18.9 Å². The van der Waals surface area contributed by atoms with Crippen molar-refractivity contribution < 1.29 is 26.1 Å². The summed E-state index contributed by atoms with van der Waals surface area (Å²) >= 11 is 0. The van der Waals surface area contributed by atoms with E-state index in [1.54, 1.807) is 18.2 Å². The van der Waals surface area contributed by atoms with Gasteiger partial charge in [-0.15, -0.1) is 0 Å². The molecule has 1 N–H and O–H groups in total. The number of fused-ring (bicyclic) bond motifs is 1. The van der Waals surface area contributed by atoms with E-state index in [0.29, 0.717) is 28.8 Å². The molecular weight excluding hydrogens is 471 g/mol. The summed E-state index contributed by atoms with van der Waals surface area (Å²) in [5.41, 5.74) is 2.40. The molecule has 3 aromatic carbocycles. The number of nitrogens with zero attached hydrogens (tertiary/aromatic N) is 2. The summed E-state index contributed by atoms with van der Waals surface area (Å²) < 4.78 is 70.8. The molecule has 0 spiro atoms. The zero-order chi connectivity index (χ0) is 24.1. The highest BCUT2D eigenvalue weighted by Gasteiger charge is 2.32. The number of hydrogen-bond acceptors (Lipinski definition) is 5. The predicted octanol–water partition coefficient (Wildman–Crippen LogP) is 4.47. The molecular formula is C23H16F3N3O4S. The Hall–Kier alpha value is -3.86. The minimum Gasteiger partial charge on any atom is -0.296 e. The number of halogens is 3. The van der Waals surface area contributed by atoms with Crippen LogP contribution in [0.25, 0.3) is 22.5 Å². The van der Waals surface area contributed by atoms with Crippen LogP contribution in [-0.2, 0) is 22.6 Å². The Bertz CT molecular complexity index is 1520. The lowest BCUT2D eigenvalue weighted by molar-refractivity contribution is -0.137. The van der Waals surface area contributed by atoms with Crippen LogP contribution in [0.3, 0.4) is 0 Å². The van der Waals surface area contributed by atoms with Gasteiger partial charge in [-0.25, -0.2) is 13.2 Å². The minimum absolute atomic E-state index is 0.0711. The van der Waals surface area contributed by atoms with Crippen LogP contribution in [0, 0.1) is 0 Å². The number of rotatable bonds is 4. The normalized spacial score (nSPS) is 13.8. The van der Waals surface area contributed by atoms with Crippen molar-refractivity contribution in [3.05, 3.63) is 88.4 Å². The molecule has 5 rings (SSSR count). The summed E-state index contributed by atoms with van der Waals surface area (Å²) in [5.74, 6) is -0.521. The summed E-state index contributed by atoms with van der Waals surface area (Å²) in [6.45, 7) is 0.243. The highest BCUT2D eigenvalue weighted by Crippen LogP contribution is 2.37. The summed E-state index contributed by atoms with van der Waals surface area (Å²) in [7, 11) is -3.85. The molecule has 174 valence electrons. The second-order valence-corrected chi connectivity index (χ2v) is 9.58. The van der Waals surface area contributed by atoms with Gasteiger partial charge in [0.15, 0.2) is 5.82 Å². The van der Waals surface area contributed by atoms with Gasteiger partial charge >= 0.3 is 11.9 Å². The van der Waals surface area contributed by atoms with Gasteiger partial charge in [-0.1, -0.05) is 23.4 Å². The molecule has 0 saturated heterocycles. The Morgan fingerprint density at radius 1 is 0.912 bits per heavy atom. The number of hydrogen-bond donors (Lipinski definition) is 1.